The number of hydrogen-bond donors (Lipinski definition) is 9. The molecule has 366 valence electrons. The molecule has 1 saturated heterocycles. The summed E-state index contributed by atoms with van der Waals surface area (Å²) in [4.78, 5) is 98.3. The van der Waals surface area contributed by atoms with Crippen molar-refractivity contribution in [2.75, 3.05) is 13.1 Å². The zero-order valence-electron chi connectivity index (χ0n) is 39.1. The van der Waals surface area contributed by atoms with Gasteiger partial charge in [0.15, 0.2) is 5.96 Å². The minimum atomic E-state index is -1.72. The molecule has 0 aliphatic carbocycles. The second-order valence-electron chi connectivity index (χ2n) is 17.3. The highest BCUT2D eigenvalue weighted by atomic mass is 16.5. The summed E-state index contributed by atoms with van der Waals surface area (Å²) in [5.41, 5.74) is 17.2. The first kappa shape index (κ1) is 55.9. The lowest BCUT2D eigenvalue weighted by molar-refractivity contribution is -0.158. The van der Waals surface area contributed by atoms with Gasteiger partial charge in [0.25, 0.3) is 0 Å². The predicted molar refractivity (Wildman–Crippen MR) is 250 cm³/mol. The van der Waals surface area contributed by atoms with Gasteiger partial charge in [-0.3, -0.25) is 33.8 Å². The Balaban J connectivity index is 2.08. The summed E-state index contributed by atoms with van der Waals surface area (Å²) in [5.74, 6) is -6.52. The number of carboxylic acids is 1. The van der Waals surface area contributed by atoms with Crippen molar-refractivity contribution >= 4 is 47.4 Å². The Morgan fingerprint density at radius 3 is 1.75 bits per heavy atom. The van der Waals surface area contributed by atoms with Crippen LogP contribution in [0.2, 0.25) is 0 Å². The highest BCUT2D eigenvalue weighted by molar-refractivity contribution is 5.97. The SMILES string of the molecule is CCC(C)C1NC(=O)C(Cc2ccccc2)NC(=O)C(NC(=O)CCCCCCCCCCCCCCCCCCN=C(N)N)C(C)OC(=O)C(CC(=O)O)NC(=O)C(CCN)NC1=O. The number of nitrogens with zero attached hydrogens (tertiary/aromatic N) is 1. The number of aliphatic imine (C=N–C) groups is 1. The number of carbonyl (C=O) groups is 7. The summed E-state index contributed by atoms with van der Waals surface area (Å²) in [7, 11) is 0. The molecule has 7 atom stereocenters. The molecule has 1 aromatic carbocycles. The summed E-state index contributed by atoms with van der Waals surface area (Å²) >= 11 is 0. The number of cyclic esters (lactones) is 1. The molecule has 0 saturated carbocycles. The number of rotatable bonds is 28. The molecule has 7 unspecified atom stereocenters. The number of carboxylic acid groups (broad SMARTS) is 1. The van der Waals surface area contributed by atoms with Crippen molar-refractivity contribution in [2.24, 2.45) is 28.1 Å². The second-order valence-corrected chi connectivity index (χ2v) is 17.3. The Morgan fingerprint density at radius 1 is 0.723 bits per heavy atom. The standard InChI is InChI=1S/C47H79N9O9/c1-4-32(2)40-44(62)52-35(27-28-48)42(60)54-37(31-39(58)59)46(64)65-33(3)41(45(63)53-36(43(61)56-40)30-34-24-20-19-21-25-34)55-38(57)26-22-17-15-13-11-9-7-5-6-8-10-12-14-16-18-23-29-51-47(49)50/h19-21,24-25,32-33,35-37,40-41H,4-18,22-23,26-31,48H2,1-3H3,(H,52,62)(H,53,63)(H,54,60)(H,55,57)(H,56,61)(H,58,59)(H4,49,50,51). The summed E-state index contributed by atoms with van der Waals surface area (Å²) in [5, 5.41) is 22.8. The van der Waals surface area contributed by atoms with Gasteiger partial charge in [-0.15, -0.1) is 0 Å². The van der Waals surface area contributed by atoms with E-state index >= 15 is 0 Å². The highest BCUT2D eigenvalue weighted by Crippen LogP contribution is 2.16. The van der Waals surface area contributed by atoms with Gasteiger partial charge in [0, 0.05) is 19.4 Å². The van der Waals surface area contributed by atoms with E-state index in [1.165, 1.54) is 64.7 Å². The van der Waals surface area contributed by atoms with Gasteiger partial charge in [0.1, 0.15) is 36.3 Å². The predicted octanol–water partition coefficient (Wildman–Crippen LogP) is 3.37. The van der Waals surface area contributed by atoms with Crippen LogP contribution in [0, 0.1) is 5.92 Å². The van der Waals surface area contributed by atoms with Crippen molar-refractivity contribution in [1.82, 2.24) is 26.6 Å². The maximum atomic E-state index is 14.2. The lowest BCUT2D eigenvalue weighted by atomic mass is 9.96. The molecule has 1 aliphatic rings. The van der Waals surface area contributed by atoms with E-state index in [1.807, 2.05) is 6.92 Å². The minimum Gasteiger partial charge on any atom is -0.481 e. The zero-order valence-corrected chi connectivity index (χ0v) is 39.1. The van der Waals surface area contributed by atoms with Crippen LogP contribution in [0.15, 0.2) is 35.3 Å². The Hall–Kier alpha value is -5.26. The molecule has 5 amide bonds. The van der Waals surface area contributed by atoms with E-state index in [1.54, 1.807) is 37.3 Å². The minimum absolute atomic E-state index is 0.00604. The smallest absolute Gasteiger partial charge is 0.329 e. The first-order valence-corrected chi connectivity index (χ1v) is 23.9. The maximum Gasteiger partial charge on any atom is 0.329 e. The van der Waals surface area contributed by atoms with Gasteiger partial charge in [-0.2, -0.15) is 0 Å². The Morgan fingerprint density at radius 2 is 1.23 bits per heavy atom. The van der Waals surface area contributed by atoms with E-state index in [9.17, 15) is 38.7 Å². The third-order valence-corrected chi connectivity index (χ3v) is 11.8. The number of hydrogen-bond acceptors (Lipinski definition) is 10. The maximum absolute atomic E-state index is 14.2. The molecule has 1 aliphatic heterocycles. The number of guanidine groups is 1. The Bertz CT molecular complexity index is 1640. The summed E-state index contributed by atoms with van der Waals surface area (Å²) in [6, 6.07) is 1.95. The lowest BCUT2D eigenvalue weighted by Crippen LogP contribution is -2.62. The number of amides is 5. The first-order valence-electron chi connectivity index (χ1n) is 23.9. The molecule has 2 rings (SSSR count). The van der Waals surface area contributed by atoms with Crippen molar-refractivity contribution in [3.8, 4) is 0 Å². The summed E-state index contributed by atoms with van der Waals surface area (Å²) in [6.45, 7) is 5.58. The number of carbonyl (C=O) groups excluding carboxylic acids is 6. The topological polar surface area (TPSA) is 300 Å². The fourth-order valence-corrected chi connectivity index (χ4v) is 7.67. The van der Waals surface area contributed by atoms with Crippen molar-refractivity contribution < 1.29 is 43.4 Å². The number of nitrogens with two attached hydrogens (primary N) is 3. The Labute approximate surface area is 385 Å². The molecule has 18 heteroatoms. The lowest BCUT2D eigenvalue weighted by Gasteiger charge is -2.31. The average molecular weight is 914 g/mol. The van der Waals surface area contributed by atoms with Gasteiger partial charge < -0.3 is 53.6 Å². The van der Waals surface area contributed by atoms with Gasteiger partial charge in [0.2, 0.25) is 29.5 Å². The number of nitrogens with one attached hydrogen (secondary N) is 5. The van der Waals surface area contributed by atoms with E-state index < -0.39 is 90.1 Å². The van der Waals surface area contributed by atoms with E-state index in [2.05, 4.69) is 31.6 Å². The van der Waals surface area contributed by atoms with Gasteiger partial charge in [-0.1, -0.05) is 140 Å². The molecule has 1 fully saturated rings. The highest BCUT2D eigenvalue weighted by Gasteiger charge is 2.38. The van der Waals surface area contributed by atoms with Crippen LogP contribution in [0.1, 0.15) is 155 Å². The van der Waals surface area contributed by atoms with Crippen molar-refractivity contribution in [3.05, 3.63) is 35.9 Å². The normalized spacial score (nSPS) is 21.5. The van der Waals surface area contributed by atoms with Crippen LogP contribution in [-0.4, -0.2) is 102 Å². The quantitative estimate of drug-likeness (QED) is 0.0253. The van der Waals surface area contributed by atoms with Crippen LogP contribution in [-0.2, 0) is 44.7 Å². The molecule has 0 spiro atoms. The Kier molecular flexibility index (Phi) is 27.9. The van der Waals surface area contributed by atoms with E-state index in [-0.39, 0.29) is 31.8 Å². The molecule has 0 bridgehead atoms. The van der Waals surface area contributed by atoms with Gasteiger partial charge in [0.05, 0.1) is 6.42 Å². The molecule has 1 heterocycles. The number of esters is 1. The molecular formula is C47H79N9O9. The molecule has 18 nitrogen and oxygen atoms in total. The van der Waals surface area contributed by atoms with Crippen LogP contribution in [0.3, 0.4) is 0 Å². The molecule has 12 N–H and O–H groups in total. The van der Waals surface area contributed by atoms with Crippen molar-refractivity contribution in [3.63, 3.8) is 0 Å². The second kappa shape index (κ2) is 32.4. The van der Waals surface area contributed by atoms with Gasteiger partial charge >= 0.3 is 11.9 Å². The largest absolute Gasteiger partial charge is 0.481 e. The number of ether oxygens (including phenoxy) is 1. The molecule has 0 radical (unpaired) electrons. The van der Waals surface area contributed by atoms with E-state index in [0.29, 0.717) is 24.9 Å². The van der Waals surface area contributed by atoms with Gasteiger partial charge in [-0.05, 0) is 44.2 Å². The van der Waals surface area contributed by atoms with Crippen LogP contribution in [0.5, 0.6) is 0 Å². The third kappa shape index (κ3) is 23.5. The van der Waals surface area contributed by atoms with Gasteiger partial charge in [-0.25, -0.2) is 4.79 Å². The van der Waals surface area contributed by atoms with Crippen molar-refractivity contribution in [2.45, 2.75) is 192 Å². The van der Waals surface area contributed by atoms with E-state index in [0.717, 1.165) is 38.5 Å². The van der Waals surface area contributed by atoms with Crippen LogP contribution in [0.4, 0.5) is 0 Å². The van der Waals surface area contributed by atoms with E-state index in [4.69, 9.17) is 21.9 Å². The average Bonchev–Trinajstić information content (AvgIpc) is 3.26. The fraction of sp³-hybridized carbons (Fsp3) is 0.702. The molecule has 0 aromatic heterocycles. The summed E-state index contributed by atoms with van der Waals surface area (Å²) in [6.07, 6.45) is 16.0. The third-order valence-electron chi connectivity index (χ3n) is 11.8. The molecular weight excluding hydrogens is 835 g/mol. The number of benzene rings is 1. The van der Waals surface area contributed by atoms with Crippen LogP contribution < -0.4 is 43.8 Å². The van der Waals surface area contributed by atoms with Crippen molar-refractivity contribution in [1.29, 1.82) is 0 Å². The molecule has 65 heavy (non-hydrogen) atoms. The number of aliphatic carboxylic acids is 1. The zero-order chi connectivity index (χ0) is 48.0. The van der Waals surface area contributed by atoms with Crippen LogP contribution in [0.25, 0.3) is 0 Å². The summed E-state index contributed by atoms with van der Waals surface area (Å²) < 4.78 is 5.59. The fourth-order valence-electron chi connectivity index (χ4n) is 7.67. The number of unbranched alkanes of at least 4 members (excludes halogenated alkanes) is 15. The monoisotopic (exact) mass is 914 g/mol. The first-order chi connectivity index (χ1) is 31.2. The molecule has 1 aromatic rings. The van der Waals surface area contributed by atoms with Crippen LogP contribution >= 0.6 is 0 Å².